The zero-order valence-corrected chi connectivity index (χ0v) is 11.5. The summed E-state index contributed by atoms with van der Waals surface area (Å²) in [5, 5.41) is 5.37. The van der Waals surface area contributed by atoms with E-state index in [-0.39, 0.29) is 6.10 Å². The Morgan fingerprint density at radius 1 is 1.28 bits per heavy atom. The molecule has 2 rings (SSSR count). The lowest BCUT2D eigenvalue weighted by Crippen LogP contribution is -2.08. The highest BCUT2D eigenvalue weighted by Crippen LogP contribution is 2.27. The minimum Gasteiger partial charge on any atom is -0.489 e. The van der Waals surface area contributed by atoms with Gasteiger partial charge in [-0.3, -0.25) is 0 Å². The molecular weight excluding hydrogens is 244 g/mol. The average molecular weight is 262 g/mol. The van der Waals surface area contributed by atoms with Crippen molar-refractivity contribution in [1.29, 1.82) is 0 Å². The molecule has 0 saturated heterocycles. The fourth-order valence-electron chi connectivity index (χ4n) is 1.64. The maximum absolute atomic E-state index is 5.86. The van der Waals surface area contributed by atoms with Crippen molar-refractivity contribution in [3.63, 3.8) is 0 Å². The molecule has 3 N–H and O–H groups in total. The van der Waals surface area contributed by atoms with Gasteiger partial charge in [-0.1, -0.05) is 12.1 Å². The van der Waals surface area contributed by atoms with Crippen LogP contribution in [-0.2, 0) is 6.54 Å². The first-order chi connectivity index (χ1) is 8.66. The number of anilines is 2. The van der Waals surface area contributed by atoms with Crippen molar-refractivity contribution in [3.8, 4) is 5.75 Å². The van der Waals surface area contributed by atoms with E-state index in [9.17, 15) is 0 Å². The van der Waals surface area contributed by atoms with Crippen molar-refractivity contribution in [3.05, 3.63) is 40.6 Å². The molecule has 0 saturated carbocycles. The molecular formula is C14H18N2OS. The Labute approximate surface area is 112 Å². The Bertz CT molecular complexity index is 508. The molecule has 3 nitrogen and oxygen atoms in total. The predicted molar refractivity (Wildman–Crippen MR) is 78.3 cm³/mol. The summed E-state index contributed by atoms with van der Waals surface area (Å²) in [4.78, 5) is 1.15. The number of rotatable bonds is 5. The highest BCUT2D eigenvalue weighted by molar-refractivity contribution is 7.10. The highest BCUT2D eigenvalue weighted by Gasteiger charge is 2.06. The van der Waals surface area contributed by atoms with Crippen molar-refractivity contribution in [2.45, 2.75) is 26.5 Å². The molecule has 1 aromatic carbocycles. The van der Waals surface area contributed by atoms with Crippen LogP contribution >= 0.6 is 11.3 Å². The van der Waals surface area contributed by atoms with Crippen LogP contribution in [0.25, 0.3) is 0 Å². The van der Waals surface area contributed by atoms with Crippen molar-refractivity contribution in [2.24, 2.45) is 0 Å². The van der Waals surface area contributed by atoms with E-state index in [1.807, 2.05) is 49.6 Å². The molecule has 0 amide bonds. The van der Waals surface area contributed by atoms with Gasteiger partial charge in [0.2, 0.25) is 0 Å². The number of ether oxygens (including phenoxy) is 1. The molecule has 1 aromatic heterocycles. The topological polar surface area (TPSA) is 47.3 Å². The van der Waals surface area contributed by atoms with Crippen LogP contribution in [0.15, 0.2) is 35.7 Å². The summed E-state index contributed by atoms with van der Waals surface area (Å²) in [5.41, 5.74) is 7.70. The molecule has 0 aliphatic carbocycles. The van der Waals surface area contributed by atoms with Gasteiger partial charge in [0.15, 0.2) is 0 Å². The highest BCUT2D eigenvalue weighted by atomic mass is 32.1. The van der Waals surface area contributed by atoms with Crippen molar-refractivity contribution in [2.75, 3.05) is 11.1 Å². The number of nitrogens with one attached hydrogen (secondary N) is 1. The number of nitrogen functional groups attached to an aromatic ring is 1. The fraction of sp³-hybridized carbons (Fsp3) is 0.286. The predicted octanol–water partition coefficient (Wildman–Crippen LogP) is 3.73. The number of para-hydroxylation sites is 2. The Morgan fingerprint density at radius 3 is 2.72 bits per heavy atom. The van der Waals surface area contributed by atoms with E-state index in [2.05, 4.69) is 5.32 Å². The van der Waals surface area contributed by atoms with E-state index in [1.54, 1.807) is 11.3 Å². The fourth-order valence-corrected chi connectivity index (χ4v) is 2.38. The molecule has 0 aliphatic rings. The normalized spacial score (nSPS) is 10.6. The third kappa shape index (κ3) is 3.17. The minimum atomic E-state index is 0.166. The second-order valence-corrected chi connectivity index (χ2v) is 5.32. The van der Waals surface area contributed by atoms with E-state index >= 15 is 0 Å². The van der Waals surface area contributed by atoms with Gasteiger partial charge in [-0.2, -0.15) is 0 Å². The molecule has 0 fully saturated rings. The second-order valence-electron chi connectivity index (χ2n) is 4.32. The summed E-state index contributed by atoms with van der Waals surface area (Å²) in [6, 6.07) is 9.88. The van der Waals surface area contributed by atoms with Crippen LogP contribution < -0.4 is 15.8 Å². The van der Waals surface area contributed by atoms with Crippen LogP contribution in [0.4, 0.5) is 11.4 Å². The van der Waals surface area contributed by atoms with Gasteiger partial charge in [0, 0.05) is 10.6 Å². The summed E-state index contributed by atoms with van der Waals surface area (Å²) in [5.74, 6) is 0.877. The Balaban J connectivity index is 2.07. The van der Waals surface area contributed by atoms with Crippen molar-refractivity contribution >= 4 is 22.7 Å². The van der Waals surface area contributed by atoms with Crippen LogP contribution in [0.3, 0.4) is 0 Å². The first kappa shape index (κ1) is 12.8. The molecule has 0 bridgehead atoms. The van der Waals surface area contributed by atoms with Crippen LogP contribution in [-0.4, -0.2) is 6.10 Å². The van der Waals surface area contributed by atoms with Gasteiger partial charge in [0.05, 0.1) is 18.3 Å². The number of hydrogen-bond acceptors (Lipinski definition) is 4. The van der Waals surface area contributed by atoms with Crippen LogP contribution in [0.2, 0.25) is 0 Å². The van der Waals surface area contributed by atoms with Crippen molar-refractivity contribution < 1.29 is 4.74 Å². The smallest absolute Gasteiger partial charge is 0.142 e. The lowest BCUT2D eigenvalue weighted by atomic mass is 10.2. The summed E-state index contributed by atoms with van der Waals surface area (Å²) >= 11 is 1.66. The molecule has 0 radical (unpaired) electrons. The molecule has 0 unspecified atom stereocenters. The maximum atomic E-state index is 5.86. The molecule has 0 spiro atoms. The van der Waals surface area contributed by atoms with Gasteiger partial charge in [-0.25, -0.2) is 0 Å². The van der Waals surface area contributed by atoms with E-state index in [0.717, 1.165) is 28.5 Å². The largest absolute Gasteiger partial charge is 0.489 e. The van der Waals surface area contributed by atoms with Crippen LogP contribution in [0.5, 0.6) is 5.75 Å². The molecule has 96 valence electrons. The lowest BCUT2D eigenvalue weighted by Gasteiger charge is -2.15. The summed E-state index contributed by atoms with van der Waals surface area (Å²) in [7, 11) is 0. The van der Waals surface area contributed by atoms with Gasteiger partial charge in [-0.05, 0) is 37.4 Å². The van der Waals surface area contributed by atoms with E-state index in [4.69, 9.17) is 10.5 Å². The third-order valence-corrected chi connectivity index (χ3v) is 3.41. The Hall–Kier alpha value is -1.68. The molecule has 4 heteroatoms. The van der Waals surface area contributed by atoms with Gasteiger partial charge < -0.3 is 15.8 Å². The summed E-state index contributed by atoms with van der Waals surface area (Å²) in [6.45, 7) is 4.77. The Morgan fingerprint density at radius 2 is 2.06 bits per heavy atom. The molecule has 0 aliphatic heterocycles. The van der Waals surface area contributed by atoms with Crippen molar-refractivity contribution in [1.82, 2.24) is 0 Å². The van der Waals surface area contributed by atoms with Gasteiger partial charge >= 0.3 is 0 Å². The van der Waals surface area contributed by atoms with Crippen LogP contribution in [0.1, 0.15) is 18.7 Å². The quantitative estimate of drug-likeness (QED) is 0.863. The zero-order chi connectivity index (χ0) is 13.0. The van der Waals surface area contributed by atoms with Gasteiger partial charge in [0.1, 0.15) is 5.75 Å². The number of nitrogens with two attached hydrogens (primary N) is 1. The second kappa shape index (κ2) is 5.78. The lowest BCUT2D eigenvalue weighted by molar-refractivity contribution is 0.243. The minimum absolute atomic E-state index is 0.166. The molecule has 0 atom stereocenters. The standard InChI is InChI=1S/C14H18N2OS/c1-10(2)17-13-6-4-3-5-12(13)16-9-14-11(15)7-8-18-14/h3-8,10,16H,9,15H2,1-2H3. The maximum Gasteiger partial charge on any atom is 0.142 e. The first-order valence-corrected chi connectivity index (χ1v) is 6.86. The monoisotopic (exact) mass is 262 g/mol. The average Bonchev–Trinajstić information content (AvgIpc) is 2.73. The van der Waals surface area contributed by atoms with E-state index < -0.39 is 0 Å². The SMILES string of the molecule is CC(C)Oc1ccccc1NCc1sccc1N. The first-order valence-electron chi connectivity index (χ1n) is 5.98. The van der Waals surface area contributed by atoms with Crippen LogP contribution in [0, 0.1) is 0 Å². The molecule has 1 heterocycles. The molecule has 18 heavy (non-hydrogen) atoms. The number of benzene rings is 1. The number of hydrogen-bond donors (Lipinski definition) is 2. The molecule has 2 aromatic rings. The number of thiophene rings is 1. The summed E-state index contributed by atoms with van der Waals surface area (Å²) < 4.78 is 5.76. The Kier molecular flexibility index (Phi) is 4.10. The summed E-state index contributed by atoms with van der Waals surface area (Å²) in [6.07, 6.45) is 0.166. The third-order valence-electron chi connectivity index (χ3n) is 2.47. The van der Waals surface area contributed by atoms with Gasteiger partial charge in [0.25, 0.3) is 0 Å². The zero-order valence-electron chi connectivity index (χ0n) is 10.6. The van der Waals surface area contributed by atoms with Gasteiger partial charge in [-0.15, -0.1) is 11.3 Å². The van der Waals surface area contributed by atoms with E-state index in [1.165, 1.54) is 0 Å². The van der Waals surface area contributed by atoms with E-state index in [0.29, 0.717) is 0 Å².